The van der Waals surface area contributed by atoms with Gasteiger partial charge in [0.15, 0.2) is 0 Å². The summed E-state index contributed by atoms with van der Waals surface area (Å²) in [7, 11) is -3.54. The van der Waals surface area contributed by atoms with Crippen LogP contribution in [0.4, 0.5) is 0 Å². The van der Waals surface area contributed by atoms with Crippen LogP contribution in [0.5, 0.6) is 0 Å². The number of aryl methyl sites for hydroxylation is 2. The minimum Gasteiger partial charge on any atom is -0.302 e. The molecular weight excluding hydrogens is 322 g/mol. The van der Waals surface area contributed by atoms with Gasteiger partial charge in [0.25, 0.3) is 10.0 Å². The Hall–Kier alpha value is -1.66. The molecule has 1 aliphatic heterocycles. The van der Waals surface area contributed by atoms with E-state index in [1.165, 1.54) is 0 Å². The van der Waals surface area contributed by atoms with Gasteiger partial charge in [0, 0.05) is 12.1 Å². The lowest BCUT2D eigenvalue weighted by molar-refractivity contribution is 0.313. The van der Waals surface area contributed by atoms with Crippen molar-refractivity contribution in [1.29, 1.82) is 0 Å². The minimum atomic E-state index is -3.54. The number of nitrogens with zero attached hydrogens (tertiary/aromatic N) is 2. The Balaban J connectivity index is 2.32. The lowest BCUT2D eigenvalue weighted by atomic mass is 10.0. The Morgan fingerprint density at radius 2 is 1.75 bits per heavy atom. The molecule has 1 aromatic rings. The van der Waals surface area contributed by atoms with E-state index in [-0.39, 0.29) is 0 Å². The molecule has 0 amide bonds. The molecule has 0 radical (unpaired) electrons. The third-order valence-corrected chi connectivity index (χ3v) is 6.09. The zero-order valence-electron chi connectivity index (χ0n) is 15.2. The smallest absolute Gasteiger partial charge is 0.264 e. The van der Waals surface area contributed by atoms with E-state index in [2.05, 4.69) is 28.5 Å². The second-order valence-electron chi connectivity index (χ2n) is 6.12. The highest BCUT2D eigenvalue weighted by Crippen LogP contribution is 2.30. The molecule has 0 atom stereocenters. The topological polar surface area (TPSA) is 61.8 Å². The molecule has 24 heavy (non-hydrogen) atoms. The predicted molar refractivity (Wildman–Crippen MR) is 101 cm³/mol. The monoisotopic (exact) mass is 349 g/mol. The van der Waals surface area contributed by atoms with Crippen molar-refractivity contribution in [2.45, 2.75) is 34.6 Å². The summed E-state index contributed by atoms with van der Waals surface area (Å²) >= 11 is 0. The number of aliphatic imine (C=N–C) groups is 1. The van der Waals surface area contributed by atoms with Crippen molar-refractivity contribution in [3.05, 3.63) is 40.5 Å². The quantitative estimate of drug-likeness (QED) is 0.859. The molecule has 0 unspecified atom stereocenters. The SMILES string of the molecule is CCN(CC)CCN=C1NS(=O)(=O)C(c2ccc(C)c(C)c2)=C1C. The zero-order valence-corrected chi connectivity index (χ0v) is 16.0. The molecule has 5 nitrogen and oxygen atoms in total. The van der Waals surface area contributed by atoms with Gasteiger partial charge in [0.05, 0.1) is 6.54 Å². The van der Waals surface area contributed by atoms with Crippen molar-refractivity contribution < 1.29 is 8.42 Å². The van der Waals surface area contributed by atoms with Gasteiger partial charge in [-0.05, 0) is 50.6 Å². The molecule has 6 heteroatoms. The van der Waals surface area contributed by atoms with Gasteiger partial charge in [-0.2, -0.15) is 0 Å². The lowest BCUT2D eigenvalue weighted by Gasteiger charge is -2.16. The van der Waals surface area contributed by atoms with Crippen LogP contribution in [0.15, 0.2) is 28.8 Å². The fraction of sp³-hybridized carbons (Fsp3) is 0.500. The van der Waals surface area contributed by atoms with Crippen LogP contribution >= 0.6 is 0 Å². The van der Waals surface area contributed by atoms with Crippen LogP contribution in [0, 0.1) is 13.8 Å². The molecular formula is C18H27N3O2S. The Morgan fingerprint density at radius 3 is 2.33 bits per heavy atom. The largest absolute Gasteiger partial charge is 0.302 e. The summed E-state index contributed by atoms with van der Waals surface area (Å²) in [6, 6.07) is 5.74. The maximum absolute atomic E-state index is 12.5. The normalized spacial score (nSPS) is 18.5. The fourth-order valence-electron chi connectivity index (χ4n) is 2.81. The highest BCUT2D eigenvalue weighted by molar-refractivity contribution is 8.00. The maximum atomic E-state index is 12.5. The molecule has 0 spiro atoms. The second kappa shape index (κ2) is 7.49. The van der Waals surface area contributed by atoms with E-state index >= 15 is 0 Å². The van der Waals surface area contributed by atoms with Crippen molar-refractivity contribution >= 4 is 20.8 Å². The van der Waals surface area contributed by atoms with Crippen LogP contribution in [-0.4, -0.2) is 45.3 Å². The van der Waals surface area contributed by atoms with Gasteiger partial charge < -0.3 is 4.90 Å². The highest BCUT2D eigenvalue weighted by Gasteiger charge is 2.32. The van der Waals surface area contributed by atoms with Crippen molar-refractivity contribution in [1.82, 2.24) is 9.62 Å². The number of sulfonamides is 1. The van der Waals surface area contributed by atoms with E-state index < -0.39 is 10.0 Å². The molecule has 0 saturated heterocycles. The first-order valence-electron chi connectivity index (χ1n) is 8.38. The van der Waals surface area contributed by atoms with Crippen molar-refractivity contribution in [2.75, 3.05) is 26.2 Å². The van der Waals surface area contributed by atoms with Crippen LogP contribution in [0.3, 0.4) is 0 Å². The van der Waals surface area contributed by atoms with Crippen molar-refractivity contribution in [2.24, 2.45) is 4.99 Å². The number of hydrogen-bond acceptors (Lipinski definition) is 4. The minimum absolute atomic E-state index is 0.340. The summed E-state index contributed by atoms with van der Waals surface area (Å²) < 4.78 is 27.7. The summed E-state index contributed by atoms with van der Waals surface area (Å²) in [5.74, 6) is 0.468. The number of nitrogens with one attached hydrogen (secondary N) is 1. The number of rotatable bonds is 6. The molecule has 0 fully saturated rings. The average Bonchev–Trinajstić information content (AvgIpc) is 2.76. The van der Waals surface area contributed by atoms with Crippen LogP contribution < -0.4 is 4.72 Å². The zero-order chi connectivity index (χ0) is 17.9. The lowest BCUT2D eigenvalue weighted by Crippen LogP contribution is -2.28. The van der Waals surface area contributed by atoms with Crippen LogP contribution in [-0.2, 0) is 10.0 Å². The van der Waals surface area contributed by atoms with E-state index in [1.54, 1.807) is 0 Å². The molecule has 1 heterocycles. The summed E-state index contributed by atoms with van der Waals surface area (Å²) in [6.07, 6.45) is 0. The molecule has 0 aromatic heterocycles. The first-order chi connectivity index (χ1) is 11.3. The van der Waals surface area contributed by atoms with E-state index in [9.17, 15) is 8.42 Å². The Kier molecular flexibility index (Phi) is 5.83. The molecule has 1 N–H and O–H groups in total. The molecule has 1 aliphatic rings. The van der Waals surface area contributed by atoms with Gasteiger partial charge in [-0.1, -0.05) is 32.0 Å². The summed E-state index contributed by atoms with van der Waals surface area (Å²) in [5, 5.41) is 0. The van der Waals surface area contributed by atoms with Crippen LogP contribution in [0.25, 0.3) is 4.91 Å². The molecule has 0 saturated carbocycles. The van der Waals surface area contributed by atoms with Crippen molar-refractivity contribution in [3.8, 4) is 0 Å². The van der Waals surface area contributed by atoms with Crippen LogP contribution in [0.2, 0.25) is 0 Å². The molecule has 2 rings (SSSR count). The van der Waals surface area contributed by atoms with Gasteiger partial charge in [-0.3, -0.25) is 9.71 Å². The van der Waals surface area contributed by atoms with Gasteiger partial charge in [-0.15, -0.1) is 0 Å². The standard InChI is InChI=1S/C18H27N3O2S/c1-6-21(7-2)11-10-19-18-15(5)17(24(22,23)20-18)16-9-8-13(3)14(4)12-16/h8-9,12H,6-7,10-11H2,1-5H3,(H,19,20). The number of hydrogen-bond donors (Lipinski definition) is 1. The van der Waals surface area contributed by atoms with Gasteiger partial charge in [-0.25, -0.2) is 8.42 Å². The Labute approximate surface area is 145 Å². The third-order valence-electron chi connectivity index (χ3n) is 4.55. The number of likely N-dealkylation sites (N-methyl/N-ethyl adjacent to an activating group) is 1. The first-order valence-corrected chi connectivity index (χ1v) is 9.87. The molecule has 132 valence electrons. The number of benzene rings is 1. The second-order valence-corrected chi connectivity index (χ2v) is 7.74. The molecule has 0 bridgehead atoms. The molecule has 1 aromatic carbocycles. The summed E-state index contributed by atoms with van der Waals surface area (Å²) in [4.78, 5) is 7.08. The average molecular weight is 350 g/mol. The molecule has 0 aliphatic carbocycles. The van der Waals surface area contributed by atoms with E-state index in [1.807, 2.05) is 39.0 Å². The van der Waals surface area contributed by atoms with E-state index in [0.29, 0.717) is 22.9 Å². The predicted octanol–water partition coefficient (Wildman–Crippen LogP) is 2.71. The first kappa shape index (κ1) is 18.7. The summed E-state index contributed by atoms with van der Waals surface area (Å²) in [5.41, 5.74) is 3.64. The number of amidine groups is 1. The maximum Gasteiger partial charge on any atom is 0.264 e. The third kappa shape index (κ3) is 3.87. The van der Waals surface area contributed by atoms with E-state index in [0.717, 1.165) is 36.3 Å². The summed E-state index contributed by atoms with van der Waals surface area (Å²) in [6.45, 7) is 13.4. The van der Waals surface area contributed by atoms with E-state index in [4.69, 9.17) is 0 Å². The van der Waals surface area contributed by atoms with Gasteiger partial charge in [0.1, 0.15) is 10.7 Å². The Bertz CT molecular complexity index is 775. The van der Waals surface area contributed by atoms with Gasteiger partial charge >= 0.3 is 0 Å². The van der Waals surface area contributed by atoms with Crippen molar-refractivity contribution in [3.63, 3.8) is 0 Å². The highest BCUT2D eigenvalue weighted by atomic mass is 32.2. The Morgan fingerprint density at radius 1 is 1.08 bits per heavy atom. The van der Waals surface area contributed by atoms with Gasteiger partial charge in [0.2, 0.25) is 0 Å². The fourth-order valence-corrected chi connectivity index (χ4v) is 4.32. The van der Waals surface area contributed by atoms with Crippen LogP contribution in [0.1, 0.15) is 37.5 Å².